The first-order valence-electron chi connectivity index (χ1n) is 6.41. The molecule has 18 heavy (non-hydrogen) atoms. The third-order valence-electron chi connectivity index (χ3n) is 3.47. The van der Waals surface area contributed by atoms with Crippen LogP contribution in [0, 0.1) is 17.2 Å². The summed E-state index contributed by atoms with van der Waals surface area (Å²) in [5, 5.41) is 12.4. The Morgan fingerprint density at radius 3 is 3.11 bits per heavy atom. The number of rotatable bonds is 3. The summed E-state index contributed by atoms with van der Waals surface area (Å²) < 4.78 is 0. The SMILES string of the molecule is CN1CCCC(CNc2ccc(N)cc2C#N)C1. The third kappa shape index (κ3) is 3.14. The van der Waals surface area contributed by atoms with Crippen molar-refractivity contribution in [1.82, 2.24) is 4.90 Å². The molecule has 1 fully saturated rings. The zero-order valence-corrected chi connectivity index (χ0v) is 10.8. The molecule has 96 valence electrons. The fraction of sp³-hybridized carbons (Fsp3) is 0.500. The number of nitrogens with zero attached hydrogens (tertiary/aromatic N) is 2. The summed E-state index contributed by atoms with van der Waals surface area (Å²) in [6.45, 7) is 3.24. The van der Waals surface area contributed by atoms with Gasteiger partial charge in [0.1, 0.15) is 6.07 Å². The number of nitrogens with one attached hydrogen (secondary N) is 1. The van der Waals surface area contributed by atoms with Crippen LogP contribution in [0.25, 0.3) is 0 Å². The van der Waals surface area contributed by atoms with E-state index < -0.39 is 0 Å². The van der Waals surface area contributed by atoms with E-state index in [4.69, 9.17) is 11.0 Å². The Morgan fingerprint density at radius 1 is 1.56 bits per heavy atom. The van der Waals surface area contributed by atoms with Gasteiger partial charge in [0.05, 0.1) is 11.3 Å². The van der Waals surface area contributed by atoms with Crippen molar-refractivity contribution in [3.8, 4) is 6.07 Å². The molecule has 1 saturated heterocycles. The second-order valence-electron chi connectivity index (χ2n) is 5.07. The van der Waals surface area contributed by atoms with E-state index in [9.17, 15) is 0 Å². The molecule has 1 aromatic rings. The fourth-order valence-electron chi connectivity index (χ4n) is 2.50. The standard InChI is InChI=1S/C14H20N4/c1-18-6-2-3-11(10-18)9-17-14-5-4-13(16)7-12(14)8-15/h4-5,7,11,17H,2-3,6,9-10,16H2,1H3. The van der Waals surface area contributed by atoms with Crippen LogP contribution in [0.4, 0.5) is 11.4 Å². The van der Waals surface area contributed by atoms with E-state index >= 15 is 0 Å². The lowest BCUT2D eigenvalue weighted by Crippen LogP contribution is -2.35. The van der Waals surface area contributed by atoms with Crippen molar-refractivity contribution < 1.29 is 0 Å². The Balaban J connectivity index is 1.96. The lowest BCUT2D eigenvalue weighted by Gasteiger charge is -2.30. The largest absolute Gasteiger partial charge is 0.399 e. The van der Waals surface area contributed by atoms with Crippen molar-refractivity contribution >= 4 is 11.4 Å². The number of likely N-dealkylation sites (tertiary alicyclic amines) is 1. The first kappa shape index (κ1) is 12.7. The molecule has 0 bridgehead atoms. The van der Waals surface area contributed by atoms with Crippen molar-refractivity contribution in [3.05, 3.63) is 23.8 Å². The van der Waals surface area contributed by atoms with Gasteiger partial charge in [-0.05, 0) is 50.6 Å². The van der Waals surface area contributed by atoms with Crippen molar-refractivity contribution in [2.45, 2.75) is 12.8 Å². The molecule has 0 radical (unpaired) electrons. The van der Waals surface area contributed by atoms with Crippen molar-refractivity contribution in [1.29, 1.82) is 5.26 Å². The van der Waals surface area contributed by atoms with E-state index in [-0.39, 0.29) is 0 Å². The molecule has 4 heteroatoms. The maximum Gasteiger partial charge on any atom is 0.101 e. The average molecular weight is 244 g/mol. The minimum absolute atomic E-state index is 0.624. The van der Waals surface area contributed by atoms with Gasteiger partial charge in [0.2, 0.25) is 0 Å². The maximum absolute atomic E-state index is 9.07. The van der Waals surface area contributed by atoms with E-state index in [1.54, 1.807) is 6.07 Å². The van der Waals surface area contributed by atoms with E-state index in [1.165, 1.54) is 19.4 Å². The van der Waals surface area contributed by atoms with Crippen molar-refractivity contribution in [3.63, 3.8) is 0 Å². The molecule has 1 atom stereocenters. The second kappa shape index (κ2) is 5.74. The van der Waals surface area contributed by atoms with E-state index in [0.29, 0.717) is 17.2 Å². The summed E-state index contributed by atoms with van der Waals surface area (Å²) >= 11 is 0. The molecular formula is C14H20N4. The van der Waals surface area contributed by atoms with Gasteiger partial charge in [-0.25, -0.2) is 0 Å². The van der Waals surface area contributed by atoms with Crippen molar-refractivity contribution in [2.75, 3.05) is 37.7 Å². The monoisotopic (exact) mass is 244 g/mol. The molecular weight excluding hydrogens is 224 g/mol. The number of nitrogens with two attached hydrogens (primary N) is 1. The third-order valence-corrected chi connectivity index (χ3v) is 3.47. The topological polar surface area (TPSA) is 65.1 Å². The van der Waals surface area contributed by atoms with Crippen LogP contribution in [0.15, 0.2) is 18.2 Å². The van der Waals surface area contributed by atoms with Gasteiger partial charge >= 0.3 is 0 Å². The summed E-state index contributed by atoms with van der Waals surface area (Å²) in [4.78, 5) is 2.37. The number of nitriles is 1. The minimum Gasteiger partial charge on any atom is -0.399 e. The number of hydrogen-bond donors (Lipinski definition) is 2. The van der Waals surface area contributed by atoms with Crippen LogP contribution in [0.2, 0.25) is 0 Å². The number of anilines is 2. The van der Waals surface area contributed by atoms with Crippen LogP contribution in [0.1, 0.15) is 18.4 Å². The predicted octanol–water partition coefficient (Wildman–Crippen LogP) is 1.89. The van der Waals surface area contributed by atoms with Crippen LogP contribution < -0.4 is 11.1 Å². The van der Waals surface area contributed by atoms with Gasteiger partial charge < -0.3 is 16.0 Å². The quantitative estimate of drug-likeness (QED) is 0.797. The fourth-order valence-corrected chi connectivity index (χ4v) is 2.50. The van der Waals surface area contributed by atoms with E-state index in [1.807, 2.05) is 12.1 Å². The van der Waals surface area contributed by atoms with Gasteiger partial charge in [0.25, 0.3) is 0 Å². The van der Waals surface area contributed by atoms with Gasteiger partial charge in [-0.3, -0.25) is 0 Å². The van der Waals surface area contributed by atoms with Crippen LogP contribution in [-0.2, 0) is 0 Å². The highest BCUT2D eigenvalue weighted by atomic mass is 15.1. The van der Waals surface area contributed by atoms with Crippen LogP contribution in [-0.4, -0.2) is 31.6 Å². The molecule has 3 N–H and O–H groups in total. The molecule has 4 nitrogen and oxygen atoms in total. The highest BCUT2D eigenvalue weighted by Crippen LogP contribution is 2.20. The molecule has 1 aliphatic heterocycles. The number of hydrogen-bond acceptors (Lipinski definition) is 4. The van der Waals surface area contributed by atoms with Crippen LogP contribution in [0.3, 0.4) is 0 Å². The zero-order valence-electron chi connectivity index (χ0n) is 10.8. The summed E-state index contributed by atoms with van der Waals surface area (Å²) in [7, 11) is 2.16. The van der Waals surface area contributed by atoms with Gasteiger partial charge in [0.15, 0.2) is 0 Å². The Hall–Kier alpha value is -1.73. The summed E-state index contributed by atoms with van der Waals surface area (Å²) in [6, 6.07) is 7.62. The number of piperidine rings is 1. The van der Waals surface area contributed by atoms with Gasteiger partial charge in [-0.1, -0.05) is 0 Å². The number of benzene rings is 1. The molecule has 0 aromatic heterocycles. The van der Waals surface area contributed by atoms with Crippen molar-refractivity contribution in [2.24, 2.45) is 5.92 Å². The second-order valence-corrected chi connectivity index (χ2v) is 5.07. The lowest BCUT2D eigenvalue weighted by molar-refractivity contribution is 0.217. The summed E-state index contributed by atoms with van der Waals surface area (Å²) in [5.74, 6) is 0.660. The predicted molar refractivity (Wildman–Crippen MR) is 74.3 cm³/mol. The smallest absolute Gasteiger partial charge is 0.101 e. The first-order valence-corrected chi connectivity index (χ1v) is 6.41. The van der Waals surface area contributed by atoms with Gasteiger partial charge in [-0.2, -0.15) is 5.26 Å². The minimum atomic E-state index is 0.624. The highest BCUT2D eigenvalue weighted by molar-refractivity contribution is 5.62. The molecule has 0 saturated carbocycles. The Labute approximate surface area is 108 Å². The molecule has 2 rings (SSSR count). The molecule has 0 aliphatic carbocycles. The van der Waals surface area contributed by atoms with Crippen LogP contribution in [0.5, 0.6) is 0 Å². The molecule has 1 heterocycles. The maximum atomic E-state index is 9.07. The molecule has 1 aromatic carbocycles. The zero-order chi connectivity index (χ0) is 13.0. The first-order chi connectivity index (χ1) is 8.69. The van der Waals surface area contributed by atoms with Crippen LogP contribution >= 0.6 is 0 Å². The average Bonchev–Trinajstić information content (AvgIpc) is 2.37. The molecule has 0 spiro atoms. The highest BCUT2D eigenvalue weighted by Gasteiger charge is 2.17. The Kier molecular flexibility index (Phi) is 4.06. The van der Waals surface area contributed by atoms with E-state index in [0.717, 1.165) is 18.8 Å². The Morgan fingerprint density at radius 2 is 2.39 bits per heavy atom. The number of nitrogen functional groups attached to an aromatic ring is 1. The normalized spacial score (nSPS) is 20.3. The van der Waals surface area contributed by atoms with E-state index in [2.05, 4.69) is 23.3 Å². The molecule has 0 amide bonds. The summed E-state index contributed by atoms with van der Waals surface area (Å²) in [6.07, 6.45) is 2.52. The molecule has 1 aliphatic rings. The van der Waals surface area contributed by atoms with Gasteiger partial charge in [0, 0.05) is 18.8 Å². The summed E-state index contributed by atoms with van der Waals surface area (Å²) in [5.41, 5.74) is 7.82. The Bertz CT molecular complexity index is 450. The molecule has 1 unspecified atom stereocenters. The lowest BCUT2D eigenvalue weighted by atomic mass is 9.98. The van der Waals surface area contributed by atoms with Gasteiger partial charge in [-0.15, -0.1) is 0 Å².